The fourth-order valence-electron chi connectivity index (χ4n) is 2.02. The van der Waals surface area contributed by atoms with Gasteiger partial charge in [-0.3, -0.25) is 4.79 Å². The zero-order valence-electron chi connectivity index (χ0n) is 7.82. The van der Waals surface area contributed by atoms with Crippen molar-refractivity contribution in [1.29, 1.82) is 0 Å². The van der Waals surface area contributed by atoms with Crippen LogP contribution in [0.1, 0.15) is 42.9 Å². The fourth-order valence-corrected chi connectivity index (χ4v) is 2.02. The third-order valence-corrected chi connectivity index (χ3v) is 3.28. The van der Waals surface area contributed by atoms with Crippen molar-refractivity contribution in [3.05, 3.63) is 17.5 Å². The number of hydrogen-bond acceptors (Lipinski definition) is 3. The number of hydrogen-bond donors (Lipinski definition) is 1. The Balaban J connectivity index is 2.03. The van der Waals surface area contributed by atoms with Crippen LogP contribution in [-0.2, 0) is 10.2 Å². The van der Waals surface area contributed by atoms with Crippen molar-refractivity contribution in [1.82, 2.24) is 5.16 Å². The average Bonchev–Trinajstić information content (AvgIpc) is 3.06. The highest BCUT2D eigenvalue weighted by Crippen LogP contribution is 2.53. The van der Waals surface area contributed by atoms with Gasteiger partial charge in [-0.05, 0) is 25.7 Å². The SMILES string of the molecule is NC(=O)C1(c2cnoc2C2CC2)CC1. The highest BCUT2D eigenvalue weighted by atomic mass is 16.5. The number of amides is 1. The minimum atomic E-state index is -0.433. The lowest BCUT2D eigenvalue weighted by Crippen LogP contribution is -2.28. The van der Waals surface area contributed by atoms with Crippen molar-refractivity contribution in [2.24, 2.45) is 5.73 Å². The average molecular weight is 192 g/mol. The number of nitrogens with zero attached hydrogens (tertiary/aromatic N) is 1. The molecule has 1 amide bonds. The first-order chi connectivity index (χ1) is 6.74. The molecule has 3 rings (SSSR count). The first-order valence-electron chi connectivity index (χ1n) is 4.99. The van der Waals surface area contributed by atoms with Gasteiger partial charge in [-0.1, -0.05) is 5.16 Å². The summed E-state index contributed by atoms with van der Waals surface area (Å²) in [7, 11) is 0. The number of nitrogens with two attached hydrogens (primary N) is 1. The quantitative estimate of drug-likeness (QED) is 0.778. The van der Waals surface area contributed by atoms with Gasteiger partial charge >= 0.3 is 0 Å². The monoisotopic (exact) mass is 192 g/mol. The smallest absolute Gasteiger partial charge is 0.228 e. The summed E-state index contributed by atoms with van der Waals surface area (Å²) in [6.07, 6.45) is 5.67. The van der Waals surface area contributed by atoms with E-state index in [1.165, 1.54) is 0 Å². The Morgan fingerprint density at radius 1 is 1.57 bits per heavy atom. The number of aromatic nitrogens is 1. The lowest BCUT2D eigenvalue weighted by atomic mass is 9.95. The van der Waals surface area contributed by atoms with E-state index >= 15 is 0 Å². The number of primary amides is 1. The molecule has 0 saturated heterocycles. The summed E-state index contributed by atoms with van der Waals surface area (Å²) in [6.45, 7) is 0. The highest BCUT2D eigenvalue weighted by molar-refractivity contribution is 5.90. The van der Waals surface area contributed by atoms with E-state index in [9.17, 15) is 4.79 Å². The molecule has 0 aromatic carbocycles. The Bertz CT molecular complexity index is 389. The molecule has 4 nitrogen and oxygen atoms in total. The normalized spacial score (nSPS) is 23.4. The molecule has 0 spiro atoms. The molecule has 0 aliphatic heterocycles. The zero-order chi connectivity index (χ0) is 9.76. The Hall–Kier alpha value is -1.32. The van der Waals surface area contributed by atoms with E-state index in [0.717, 1.165) is 37.0 Å². The highest BCUT2D eigenvalue weighted by Gasteiger charge is 2.53. The number of carbonyl (C=O) groups is 1. The molecule has 0 atom stereocenters. The van der Waals surface area contributed by atoms with E-state index in [4.69, 9.17) is 10.3 Å². The molecule has 2 aliphatic carbocycles. The van der Waals surface area contributed by atoms with Gasteiger partial charge in [0.05, 0.1) is 11.6 Å². The van der Waals surface area contributed by atoms with Crippen molar-refractivity contribution in [3.8, 4) is 0 Å². The molecular formula is C10H12N2O2. The molecule has 14 heavy (non-hydrogen) atoms. The lowest BCUT2D eigenvalue weighted by Gasteiger charge is -2.08. The van der Waals surface area contributed by atoms with E-state index in [1.54, 1.807) is 6.20 Å². The number of carbonyl (C=O) groups excluding carboxylic acids is 1. The molecule has 1 heterocycles. The molecule has 0 radical (unpaired) electrons. The van der Waals surface area contributed by atoms with E-state index in [0.29, 0.717) is 5.92 Å². The fraction of sp³-hybridized carbons (Fsp3) is 0.600. The van der Waals surface area contributed by atoms with Crippen molar-refractivity contribution < 1.29 is 9.32 Å². The van der Waals surface area contributed by atoms with Gasteiger partial charge in [0.15, 0.2) is 0 Å². The molecule has 4 heteroatoms. The standard InChI is InChI=1S/C10H12N2O2/c11-9(13)10(3-4-10)7-5-12-14-8(7)6-1-2-6/h5-6H,1-4H2,(H2,11,13). The van der Waals surface area contributed by atoms with Gasteiger partial charge in [-0.15, -0.1) is 0 Å². The first-order valence-corrected chi connectivity index (χ1v) is 4.99. The minimum absolute atomic E-state index is 0.234. The Morgan fingerprint density at radius 2 is 2.29 bits per heavy atom. The first kappa shape index (κ1) is 8.03. The molecule has 74 valence electrons. The van der Waals surface area contributed by atoms with E-state index in [2.05, 4.69) is 5.16 Å². The second kappa shape index (κ2) is 2.38. The van der Waals surface area contributed by atoms with Crippen LogP contribution in [0.25, 0.3) is 0 Å². The van der Waals surface area contributed by atoms with Gasteiger partial charge in [0.1, 0.15) is 5.76 Å². The topological polar surface area (TPSA) is 69.1 Å². The summed E-state index contributed by atoms with van der Waals surface area (Å²) < 4.78 is 5.21. The molecule has 1 aromatic rings. The second-order valence-corrected chi connectivity index (χ2v) is 4.32. The molecule has 1 aromatic heterocycles. The Labute approximate surface area is 81.4 Å². The Morgan fingerprint density at radius 3 is 2.79 bits per heavy atom. The molecule has 0 bridgehead atoms. The summed E-state index contributed by atoms with van der Waals surface area (Å²) in [5.41, 5.74) is 5.92. The van der Waals surface area contributed by atoms with Crippen LogP contribution in [0.4, 0.5) is 0 Å². The molecule has 2 saturated carbocycles. The largest absolute Gasteiger partial charge is 0.369 e. The van der Waals surface area contributed by atoms with Crippen LogP contribution in [0, 0.1) is 0 Å². The summed E-state index contributed by atoms with van der Waals surface area (Å²) in [5.74, 6) is 1.16. The van der Waals surface area contributed by atoms with E-state index in [-0.39, 0.29) is 5.91 Å². The van der Waals surface area contributed by atoms with Crippen LogP contribution in [0.3, 0.4) is 0 Å². The predicted molar refractivity (Wildman–Crippen MR) is 48.6 cm³/mol. The van der Waals surface area contributed by atoms with Crippen molar-refractivity contribution in [3.63, 3.8) is 0 Å². The summed E-state index contributed by atoms with van der Waals surface area (Å²) >= 11 is 0. The summed E-state index contributed by atoms with van der Waals surface area (Å²) in [6, 6.07) is 0. The number of rotatable bonds is 3. The van der Waals surface area contributed by atoms with Crippen LogP contribution < -0.4 is 5.73 Å². The van der Waals surface area contributed by atoms with Crippen LogP contribution >= 0.6 is 0 Å². The van der Waals surface area contributed by atoms with Crippen LogP contribution in [0.15, 0.2) is 10.7 Å². The van der Waals surface area contributed by atoms with Gasteiger partial charge in [0.2, 0.25) is 5.91 Å². The van der Waals surface area contributed by atoms with Crippen molar-refractivity contribution >= 4 is 5.91 Å². The second-order valence-electron chi connectivity index (χ2n) is 4.32. The Kier molecular flexibility index (Phi) is 1.36. The maximum atomic E-state index is 11.3. The van der Waals surface area contributed by atoms with E-state index < -0.39 is 5.41 Å². The van der Waals surface area contributed by atoms with Crippen LogP contribution in [0.5, 0.6) is 0 Å². The predicted octanol–water partition coefficient (Wildman–Crippen LogP) is 1.07. The van der Waals surface area contributed by atoms with Crippen LogP contribution in [0.2, 0.25) is 0 Å². The van der Waals surface area contributed by atoms with Gasteiger partial charge in [-0.25, -0.2) is 0 Å². The molecule has 2 N–H and O–H groups in total. The third-order valence-electron chi connectivity index (χ3n) is 3.28. The summed E-state index contributed by atoms with van der Waals surface area (Å²) in [4.78, 5) is 11.3. The zero-order valence-corrected chi connectivity index (χ0v) is 7.82. The van der Waals surface area contributed by atoms with E-state index in [1.807, 2.05) is 0 Å². The van der Waals surface area contributed by atoms with Gasteiger partial charge < -0.3 is 10.3 Å². The minimum Gasteiger partial charge on any atom is -0.369 e. The maximum Gasteiger partial charge on any atom is 0.228 e. The van der Waals surface area contributed by atoms with Gasteiger partial charge in [0, 0.05) is 11.5 Å². The molecular weight excluding hydrogens is 180 g/mol. The molecule has 2 fully saturated rings. The lowest BCUT2D eigenvalue weighted by molar-refractivity contribution is -0.120. The third kappa shape index (κ3) is 0.937. The summed E-state index contributed by atoms with van der Waals surface area (Å²) in [5, 5.41) is 3.79. The maximum absolute atomic E-state index is 11.3. The van der Waals surface area contributed by atoms with Crippen molar-refractivity contribution in [2.45, 2.75) is 37.0 Å². The molecule has 2 aliphatic rings. The molecule has 0 unspecified atom stereocenters. The van der Waals surface area contributed by atoms with Gasteiger partial charge in [0.25, 0.3) is 0 Å². The van der Waals surface area contributed by atoms with Crippen molar-refractivity contribution in [2.75, 3.05) is 0 Å². The van der Waals surface area contributed by atoms with Gasteiger partial charge in [-0.2, -0.15) is 0 Å². The van der Waals surface area contributed by atoms with Crippen LogP contribution in [-0.4, -0.2) is 11.1 Å².